The molecule has 0 spiro atoms. The fourth-order valence-electron chi connectivity index (χ4n) is 3.55. The number of hydrogen-bond donors (Lipinski definition) is 1. The Morgan fingerprint density at radius 1 is 1.29 bits per heavy atom. The predicted molar refractivity (Wildman–Crippen MR) is 112 cm³/mol. The predicted octanol–water partition coefficient (Wildman–Crippen LogP) is 4.80. The Balaban J connectivity index is 1.75. The number of hydrogen-bond acceptors (Lipinski definition) is 5. The van der Waals surface area contributed by atoms with Crippen LogP contribution >= 0.6 is 11.3 Å². The summed E-state index contributed by atoms with van der Waals surface area (Å²) in [6.45, 7) is 6.27. The molecule has 1 N–H and O–H groups in total. The second-order valence-electron chi connectivity index (χ2n) is 7.58. The van der Waals surface area contributed by atoms with Crippen LogP contribution in [0.1, 0.15) is 59.5 Å². The Morgan fingerprint density at radius 3 is 2.75 bits per heavy atom. The van der Waals surface area contributed by atoms with Crippen LogP contribution in [-0.4, -0.2) is 25.6 Å². The van der Waals surface area contributed by atoms with Gasteiger partial charge in [-0.25, -0.2) is 4.79 Å². The number of fused-ring (bicyclic) bond motifs is 1. The molecule has 5 nitrogen and oxygen atoms in total. The Morgan fingerprint density at radius 2 is 2.04 bits per heavy atom. The van der Waals surface area contributed by atoms with Crippen molar-refractivity contribution < 1.29 is 19.1 Å². The van der Waals surface area contributed by atoms with E-state index in [1.165, 1.54) is 23.3 Å². The lowest BCUT2D eigenvalue weighted by Crippen LogP contribution is -2.21. The summed E-state index contributed by atoms with van der Waals surface area (Å²) in [5, 5.41) is 3.44. The van der Waals surface area contributed by atoms with Gasteiger partial charge in [0.25, 0.3) is 5.91 Å². The second-order valence-corrected chi connectivity index (χ2v) is 8.68. The zero-order chi connectivity index (χ0) is 20.3. The Labute approximate surface area is 170 Å². The van der Waals surface area contributed by atoms with E-state index in [2.05, 4.69) is 26.1 Å². The molecule has 1 atom stereocenters. The molecule has 0 radical (unpaired) electrons. The largest absolute Gasteiger partial charge is 0.483 e. The van der Waals surface area contributed by atoms with Crippen LogP contribution in [-0.2, 0) is 22.4 Å². The van der Waals surface area contributed by atoms with E-state index in [0.717, 1.165) is 30.4 Å². The number of para-hydroxylation sites is 1. The minimum Gasteiger partial charge on any atom is -0.483 e. The molecule has 28 heavy (non-hydrogen) atoms. The number of rotatable bonds is 6. The van der Waals surface area contributed by atoms with Crippen LogP contribution in [0.5, 0.6) is 5.75 Å². The highest BCUT2D eigenvalue weighted by molar-refractivity contribution is 7.17. The Kier molecular flexibility index (Phi) is 6.39. The molecule has 0 unspecified atom stereocenters. The van der Waals surface area contributed by atoms with E-state index in [9.17, 15) is 9.59 Å². The van der Waals surface area contributed by atoms with E-state index in [-0.39, 0.29) is 12.5 Å². The number of esters is 1. The summed E-state index contributed by atoms with van der Waals surface area (Å²) in [5.74, 6) is 0.913. The molecule has 0 saturated heterocycles. The molecule has 1 aromatic carbocycles. The van der Waals surface area contributed by atoms with Crippen molar-refractivity contribution in [3.8, 4) is 5.75 Å². The molecule has 0 saturated carbocycles. The fraction of sp³-hybridized carbons (Fsp3) is 0.455. The molecular formula is C22H27NO4S. The summed E-state index contributed by atoms with van der Waals surface area (Å²) in [7, 11) is 1.37. The van der Waals surface area contributed by atoms with E-state index < -0.39 is 5.97 Å². The minimum absolute atomic E-state index is 0.108. The number of benzene rings is 1. The Hall–Kier alpha value is -2.34. The lowest BCUT2D eigenvalue weighted by Gasteiger charge is -2.18. The summed E-state index contributed by atoms with van der Waals surface area (Å²) in [6.07, 6.45) is 2.81. The number of amides is 1. The van der Waals surface area contributed by atoms with Crippen molar-refractivity contribution in [1.29, 1.82) is 0 Å². The second kappa shape index (κ2) is 8.78. The van der Waals surface area contributed by atoms with Crippen LogP contribution in [0.3, 0.4) is 0 Å². The van der Waals surface area contributed by atoms with Gasteiger partial charge in [-0.3, -0.25) is 4.79 Å². The molecular weight excluding hydrogens is 374 g/mol. The first-order valence-corrected chi connectivity index (χ1v) is 10.5. The van der Waals surface area contributed by atoms with Crippen molar-refractivity contribution in [1.82, 2.24) is 0 Å². The maximum absolute atomic E-state index is 12.5. The van der Waals surface area contributed by atoms with Gasteiger partial charge in [-0.15, -0.1) is 11.3 Å². The van der Waals surface area contributed by atoms with E-state index in [4.69, 9.17) is 9.47 Å². The maximum Gasteiger partial charge on any atom is 0.341 e. The molecule has 2 aromatic rings. The number of thiophene rings is 1. The molecule has 1 heterocycles. The van der Waals surface area contributed by atoms with Gasteiger partial charge in [-0.1, -0.05) is 39.0 Å². The standard InChI is InChI=1S/C22H27NO4S/c1-13(2)15-7-5-6-8-17(15)27-12-19(24)23-21-20(22(25)26-4)16-10-9-14(3)11-18(16)28-21/h5-8,13-14H,9-12H2,1-4H3,(H,23,24)/t14-/m0/s1. The number of carbonyl (C=O) groups is 2. The number of anilines is 1. The van der Waals surface area contributed by atoms with Gasteiger partial charge in [0.05, 0.1) is 12.7 Å². The van der Waals surface area contributed by atoms with E-state index in [1.54, 1.807) is 0 Å². The summed E-state index contributed by atoms with van der Waals surface area (Å²) < 4.78 is 10.7. The highest BCUT2D eigenvalue weighted by Gasteiger charge is 2.29. The lowest BCUT2D eigenvalue weighted by atomic mass is 9.88. The van der Waals surface area contributed by atoms with Crippen molar-refractivity contribution in [2.75, 3.05) is 19.0 Å². The van der Waals surface area contributed by atoms with Gasteiger partial charge in [-0.2, -0.15) is 0 Å². The first kappa shape index (κ1) is 20.4. The molecule has 1 aromatic heterocycles. The zero-order valence-electron chi connectivity index (χ0n) is 16.8. The van der Waals surface area contributed by atoms with Crippen molar-refractivity contribution in [3.63, 3.8) is 0 Å². The van der Waals surface area contributed by atoms with Gasteiger partial charge in [-0.05, 0) is 48.3 Å². The monoisotopic (exact) mass is 401 g/mol. The summed E-state index contributed by atoms with van der Waals surface area (Å²) >= 11 is 1.48. The van der Waals surface area contributed by atoms with Crippen molar-refractivity contribution in [3.05, 3.63) is 45.8 Å². The third-order valence-electron chi connectivity index (χ3n) is 5.05. The first-order chi connectivity index (χ1) is 13.4. The average molecular weight is 402 g/mol. The molecule has 1 amide bonds. The van der Waals surface area contributed by atoms with Gasteiger partial charge in [0, 0.05) is 4.88 Å². The lowest BCUT2D eigenvalue weighted by molar-refractivity contribution is -0.118. The quantitative estimate of drug-likeness (QED) is 0.706. The van der Waals surface area contributed by atoms with Crippen molar-refractivity contribution in [2.24, 2.45) is 5.92 Å². The molecule has 0 fully saturated rings. The maximum atomic E-state index is 12.5. The van der Waals surface area contributed by atoms with Gasteiger partial charge >= 0.3 is 5.97 Å². The van der Waals surface area contributed by atoms with Crippen molar-refractivity contribution >= 4 is 28.2 Å². The van der Waals surface area contributed by atoms with Crippen LogP contribution in [0.25, 0.3) is 0 Å². The number of ether oxygens (including phenoxy) is 2. The van der Waals surface area contributed by atoms with Crippen LogP contribution in [0.2, 0.25) is 0 Å². The van der Waals surface area contributed by atoms with Crippen LogP contribution in [0, 0.1) is 5.92 Å². The zero-order valence-corrected chi connectivity index (χ0v) is 17.7. The van der Waals surface area contributed by atoms with Crippen LogP contribution < -0.4 is 10.1 Å². The fourth-order valence-corrected chi connectivity index (χ4v) is 4.97. The summed E-state index contributed by atoms with van der Waals surface area (Å²) in [6, 6.07) is 7.72. The molecule has 0 bridgehead atoms. The SMILES string of the molecule is COC(=O)c1c(NC(=O)COc2ccccc2C(C)C)sc2c1CC[C@H](C)C2. The molecule has 150 valence electrons. The van der Waals surface area contributed by atoms with Gasteiger partial charge in [0.1, 0.15) is 10.8 Å². The highest BCUT2D eigenvalue weighted by atomic mass is 32.1. The molecule has 1 aliphatic rings. The third kappa shape index (κ3) is 4.38. The van der Waals surface area contributed by atoms with E-state index in [0.29, 0.717) is 28.1 Å². The van der Waals surface area contributed by atoms with Crippen molar-refractivity contribution in [2.45, 2.75) is 46.0 Å². The Bertz CT molecular complexity index is 871. The summed E-state index contributed by atoms with van der Waals surface area (Å²) in [4.78, 5) is 26.0. The van der Waals surface area contributed by atoms with Gasteiger partial charge < -0.3 is 14.8 Å². The smallest absolute Gasteiger partial charge is 0.341 e. The molecule has 3 rings (SSSR count). The normalized spacial score (nSPS) is 15.8. The van der Waals surface area contributed by atoms with Crippen LogP contribution in [0.4, 0.5) is 5.00 Å². The molecule has 1 aliphatic carbocycles. The number of nitrogens with one attached hydrogen (secondary N) is 1. The van der Waals surface area contributed by atoms with Gasteiger partial charge in [0.15, 0.2) is 6.61 Å². The van der Waals surface area contributed by atoms with Crippen LogP contribution in [0.15, 0.2) is 24.3 Å². The van der Waals surface area contributed by atoms with Gasteiger partial charge in [0.2, 0.25) is 0 Å². The summed E-state index contributed by atoms with van der Waals surface area (Å²) in [5.41, 5.74) is 2.59. The number of methoxy groups -OCH3 is 1. The molecule has 0 aliphatic heterocycles. The average Bonchev–Trinajstić information content (AvgIpc) is 3.02. The van der Waals surface area contributed by atoms with E-state index >= 15 is 0 Å². The third-order valence-corrected chi connectivity index (χ3v) is 6.22. The minimum atomic E-state index is -0.395. The topological polar surface area (TPSA) is 64.6 Å². The number of carbonyl (C=O) groups excluding carboxylic acids is 2. The molecule has 6 heteroatoms. The first-order valence-electron chi connectivity index (χ1n) is 9.65. The highest BCUT2D eigenvalue weighted by Crippen LogP contribution is 2.40. The van der Waals surface area contributed by atoms with E-state index in [1.807, 2.05) is 24.3 Å².